The van der Waals surface area contributed by atoms with Crippen LogP contribution in [0.3, 0.4) is 0 Å². The molecule has 0 saturated heterocycles. The molecule has 0 heterocycles. The van der Waals surface area contributed by atoms with Crippen molar-refractivity contribution in [2.45, 2.75) is 63.2 Å². The van der Waals surface area contributed by atoms with Gasteiger partial charge in [-0.3, -0.25) is 4.79 Å². The number of hydrogen-bond acceptors (Lipinski definition) is 1. The summed E-state index contributed by atoms with van der Waals surface area (Å²) in [6.07, 6.45) is 8.73. The highest BCUT2D eigenvalue weighted by molar-refractivity contribution is 6.24. The van der Waals surface area contributed by atoms with E-state index in [1.807, 2.05) is 0 Å². The van der Waals surface area contributed by atoms with E-state index in [2.05, 4.69) is 6.92 Å². The Morgan fingerprint density at radius 1 is 1.25 bits per heavy atom. The van der Waals surface area contributed by atoms with Crippen LogP contribution in [-0.4, -0.2) is 10.7 Å². The lowest BCUT2D eigenvalue weighted by molar-refractivity contribution is -0.142. The number of rotatable bonds is 3. The lowest BCUT2D eigenvalue weighted by atomic mass is 9.48. The molecule has 1 nitrogen and oxygen atoms in total. The molecule has 4 saturated carbocycles. The van der Waals surface area contributed by atoms with Gasteiger partial charge >= 0.3 is 0 Å². The van der Waals surface area contributed by atoms with Crippen molar-refractivity contribution in [1.82, 2.24) is 0 Å². The second-order valence-corrected chi connectivity index (χ2v) is 7.37. The van der Waals surface area contributed by atoms with Gasteiger partial charge in [0.15, 0.2) is 0 Å². The van der Waals surface area contributed by atoms with Crippen LogP contribution in [0.4, 0.5) is 0 Å². The van der Waals surface area contributed by atoms with E-state index in [-0.39, 0.29) is 10.3 Å². The summed E-state index contributed by atoms with van der Waals surface area (Å²) >= 11 is 6.71. The van der Waals surface area contributed by atoms with Crippen molar-refractivity contribution in [2.24, 2.45) is 17.3 Å². The number of carbonyl (C=O) groups is 1. The second kappa shape index (κ2) is 3.48. The molecule has 0 aromatic rings. The second-order valence-electron chi connectivity index (χ2n) is 6.57. The summed E-state index contributed by atoms with van der Waals surface area (Å²) in [5.74, 6) is 2.02. The van der Waals surface area contributed by atoms with Crippen molar-refractivity contribution >= 4 is 17.4 Å². The van der Waals surface area contributed by atoms with Crippen LogP contribution in [0.2, 0.25) is 0 Å². The van der Waals surface area contributed by atoms with Crippen LogP contribution in [-0.2, 0) is 4.79 Å². The maximum Gasteiger partial charge on any atom is 0.139 e. The van der Waals surface area contributed by atoms with Crippen LogP contribution >= 0.6 is 11.6 Å². The first-order valence-electron chi connectivity index (χ1n) is 6.77. The van der Waals surface area contributed by atoms with Crippen molar-refractivity contribution in [3.8, 4) is 0 Å². The molecule has 0 aliphatic heterocycles. The number of ketones is 1. The van der Waals surface area contributed by atoms with Crippen LogP contribution in [0.15, 0.2) is 0 Å². The smallest absolute Gasteiger partial charge is 0.139 e. The topological polar surface area (TPSA) is 17.1 Å². The van der Waals surface area contributed by atoms with E-state index in [0.717, 1.165) is 43.9 Å². The van der Waals surface area contributed by atoms with Crippen LogP contribution < -0.4 is 0 Å². The zero-order valence-corrected chi connectivity index (χ0v) is 10.9. The van der Waals surface area contributed by atoms with Gasteiger partial charge in [-0.05, 0) is 56.8 Å². The first-order valence-corrected chi connectivity index (χ1v) is 7.15. The Kier molecular flexibility index (Phi) is 2.41. The Balaban J connectivity index is 1.89. The fourth-order valence-corrected chi connectivity index (χ4v) is 5.66. The van der Waals surface area contributed by atoms with Crippen molar-refractivity contribution in [1.29, 1.82) is 0 Å². The van der Waals surface area contributed by atoms with Crippen LogP contribution in [0.5, 0.6) is 0 Å². The van der Waals surface area contributed by atoms with E-state index < -0.39 is 0 Å². The Bertz CT molecular complexity index is 309. The molecule has 2 unspecified atom stereocenters. The first kappa shape index (κ1) is 11.1. The summed E-state index contributed by atoms with van der Waals surface area (Å²) in [5, 5.41) is 0. The molecule has 4 bridgehead atoms. The van der Waals surface area contributed by atoms with Gasteiger partial charge in [-0.25, -0.2) is 0 Å². The molecule has 0 spiro atoms. The molecule has 4 rings (SSSR count). The van der Waals surface area contributed by atoms with E-state index in [1.54, 1.807) is 0 Å². The molecule has 4 aliphatic rings. The molecule has 2 atom stereocenters. The zero-order chi connectivity index (χ0) is 11.4. The van der Waals surface area contributed by atoms with E-state index in [1.165, 1.54) is 19.3 Å². The third-order valence-electron chi connectivity index (χ3n) is 5.06. The fourth-order valence-electron chi connectivity index (χ4n) is 4.97. The average Bonchev–Trinajstić information content (AvgIpc) is 2.13. The lowest BCUT2D eigenvalue weighted by Gasteiger charge is -2.59. The maximum atomic E-state index is 12.4. The summed E-state index contributed by atoms with van der Waals surface area (Å²) in [4.78, 5) is 12.4. The van der Waals surface area contributed by atoms with E-state index >= 15 is 0 Å². The van der Waals surface area contributed by atoms with Gasteiger partial charge in [-0.15, -0.1) is 11.6 Å². The Hall–Kier alpha value is -0.0400. The number of Topliss-reactive ketones (excluding diaryl/α,β-unsaturated/α-hetero) is 1. The van der Waals surface area contributed by atoms with E-state index in [4.69, 9.17) is 11.6 Å². The summed E-state index contributed by atoms with van der Waals surface area (Å²) in [6.45, 7) is 2.11. The van der Waals surface area contributed by atoms with E-state index in [0.29, 0.717) is 5.78 Å². The van der Waals surface area contributed by atoms with Gasteiger partial charge in [0.25, 0.3) is 0 Å². The molecular weight excluding hydrogens is 220 g/mol. The monoisotopic (exact) mass is 240 g/mol. The van der Waals surface area contributed by atoms with Gasteiger partial charge in [0, 0.05) is 16.7 Å². The van der Waals surface area contributed by atoms with Gasteiger partial charge in [-0.1, -0.05) is 6.92 Å². The SMILES string of the molecule is CCCC(=O)C12CC3CC(CC(Cl)(C3)C1)C2. The normalized spacial score (nSPS) is 49.6. The molecule has 4 aliphatic carbocycles. The molecule has 4 fully saturated rings. The third-order valence-corrected chi connectivity index (χ3v) is 5.50. The fraction of sp³-hybridized carbons (Fsp3) is 0.929. The summed E-state index contributed by atoms with van der Waals surface area (Å²) in [6, 6.07) is 0. The Labute approximate surface area is 103 Å². The van der Waals surface area contributed by atoms with Crippen molar-refractivity contribution in [3.05, 3.63) is 0 Å². The molecular formula is C14H21ClO. The molecule has 0 aromatic carbocycles. The van der Waals surface area contributed by atoms with Crippen molar-refractivity contribution in [2.75, 3.05) is 0 Å². The molecule has 0 aromatic heterocycles. The Morgan fingerprint density at radius 3 is 2.38 bits per heavy atom. The standard InChI is InChI=1S/C14H21ClO/c1-2-3-12(16)13-5-10-4-11(6-13)8-14(15,7-10)9-13/h10-11H,2-9H2,1H3. The van der Waals surface area contributed by atoms with Gasteiger partial charge in [0.2, 0.25) is 0 Å². The highest BCUT2D eigenvalue weighted by Gasteiger charge is 2.59. The minimum absolute atomic E-state index is 0.00183. The minimum Gasteiger partial charge on any atom is -0.299 e. The average molecular weight is 241 g/mol. The number of hydrogen-bond donors (Lipinski definition) is 0. The first-order chi connectivity index (χ1) is 7.55. The number of alkyl halides is 1. The van der Waals surface area contributed by atoms with Gasteiger partial charge < -0.3 is 0 Å². The minimum atomic E-state index is -0.00646. The van der Waals surface area contributed by atoms with Gasteiger partial charge in [0.1, 0.15) is 5.78 Å². The van der Waals surface area contributed by atoms with Crippen molar-refractivity contribution in [3.63, 3.8) is 0 Å². The Morgan fingerprint density at radius 2 is 1.88 bits per heavy atom. The highest BCUT2D eigenvalue weighted by atomic mass is 35.5. The van der Waals surface area contributed by atoms with Crippen LogP contribution in [0.1, 0.15) is 58.3 Å². The van der Waals surface area contributed by atoms with Gasteiger partial charge in [-0.2, -0.15) is 0 Å². The quantitative estimate of drug-likeness (QED) is 0.683. The molecule has 90 valence electrons. The number of carbonyl (C=O) groups excluding carboxylic acids is 1. The molecule has 0 N–H and O–H groups in total. The van der Waals surface area contributed by atoms with Gasteiger partial charge in [0.05, 0.1) is 0 Å². The molecule has 0 radical (unpaired) electrons. The van der Waals surface area contributed by atoms with E-state index in [9.17, 15) is 4.79 Å². The van der Waals surface area contributed by atoms with Crippen LogP contribution in [0.25, 0.3) is 0 Å². The van der Waals surface area contributed by atoms with Crippen LogP contribution in [0, 0.1) is 17.3 Å². The maximum absolute atomic E-state index is 12.4. The highest BCUT2D eigenvalue weighted by Crippen LogP contribution is 2.64. The predicted octanol–water partition coefficient (Wildman–Crippen LogP) is 3.93. The molecule has 0 amide bonds. The summed E-state index contributed by atoms with van der Waals surface area (Å²) < 4.78 is 0. The summed E-state index contributed by atoms with van der Waals surface area (Å²) in [5.41, 5.74) is 0.00183. The zero-order valence-electron chi connectivity index (χ0n) is 10.1. The van der Waals surface area contributed by atoms with Crippen molar-refractivity contribution < 1.29 is 4.79 Å². The largest absolute Gasteiger partial charge is 0.299 e. The predicted molar refractivity (Wildman–Crippen MR) is 65.6 cm³/mol. The summed E-state index contributed by atoms with van der Waals surface area (Å²) in [7, 11) is 0. The molecule has 2 heteroatoms. The molecule has 16 heavy (non-hydrogen) atoms. The lowest BCUT2D eigenvalue weighted by Crippen LogP contribution is -2.55. The third kappa shape index (κ3) is 1.54. The number of halogens is 1.